The van der Waals surface area contributed by atoms with Crippen LogP contribution in [0.15, 0.2) is 11.6 Å². The van der Waals surface area contributed by atoms with Gasteiger partial charge in [0.15, 0.2) is 0 Å². The summed E-state index contributed by atoms with van der Waals surface area (Å²) in [6.07, 6.45) is 11.6. The van der Waals surface area contributed by atoms with Crippen LogP contribution in [0.1, 0.15) is 46.0 Å². The largest absolute Gasteiger partial charge is 0.480 e. The standard InChI is InChI=1S/C22H28O3/c1-3-4-5-7-17(2)8-6-9-19-10-11-20-14-18(15-21(19)20)12-13-25-16-22(23)24/h8,10,12,17,19-21H,3,7,11,13-16H2,1-2H3,(H,23,24)/t17-,19-,20+,21+/m0/s1. The van der Waals surface area contributed by atoms with Crippen LogP contribution in [-0.2, 0) is 9.53 Å². The minimum atomic E-state index is -0.919. The molecule has 3 heteroatoms. The van der Waals surface area contributed by atoms with E-state index in [9.17, 15) is 4.79 Å². The van der Waals surface area contributed by atoms with Gasteiger partial charge in [-0.05, 0) is 43.4 Å². The van der Waals surface area contributed by atoms with Crippen LogP contribution >= 0.6 is 0 Å². The SMILES string of the molecule is CCC#CC[C@H](C)[CH]C#C[C@H]1[CH]C[C@@H]2CC(=CCOCC(=O)O)C[C@@H]21. The highest BCUT2D eigenvalue weighted by Crippen LogP contribution is 2.49. The first-order chi connectivity index (χ1) is 12.1. The summed E-state index contributed by atoms with van der Waals surface area (Å²) < 4.78 is 5.11. The first kappa shape index (κ1) is 19.6. The molecule has 0 aliphatic heterocycles. The monoisotopic (exact) mass is 340 g/mol. The lowest BCUT2D eigenvalue weighted by Crippen LogP contribution is -2.07. The summed E-state index contributed by atoms with van der Waals surface area (Å²) in [5, 5.41) is 8.58. The Bertz CT molecular complexity index is 596. The molecule has 0 spiro atoms. The number of hydrogen-bond donors (Lipinski definition) is 1. The molecular weight excluding hydrogens is 312 g/mol. The zero-order valence-electron chi connectivity index (χ0n) is 15.3. The first-order valence-corrected chi connectivity index (χ1v) is 9.21. The summed E-state index contributed by atoms with van der Waals surface area (Å²) in [6, 6.07) is 0. The predicted molar refractivity (Wildman–Crippen MR) is 99.1 cm³/mol. The van der Waals surface area contributed by atoms with E-state index in [0.29, 0.717) is 30.3 Å². The molecular formula is C22H28O3. The Kier molecular flexibility index (Phi) is 8.10. The Morgan fingerprint density at radius 3 is 3.04 bits per heavy atom. The number of hydrogen-bond acceptors (Lipinski definition) is 2. The predicted octanol–water partition coefficient (Wildman–Crippen LogP) is 3.91. The number of fused-ring (bicyclic) bond motifs is 1. The molecule has 3 nitrogen and oxygen atoms in total. The number of rotatable bonds is 6. The number of allylic oxidation sites excluding steroid dienone is 1. The van der Waals surface area contributed by atoms with Crippen LogP contribution in [0.4, 0.5) is 0 Å². The lowest BCUT2D eigenvalue weighted by atomic mass is 9.92. The summed E-state index contributed by atoms with van der Waals surface area (Å²) in [5.41, 5.74) is 1.40. The molecule has 0 aromatic rings. The fourth-order valence-corrected chi connectivity index (χ4v) is 3.57. The van der Waals surface area contributed by atoms with Crippen LogP contribution in [0, 0.1) is 60.2 Å². The smallest absolute Gasteiger partial charge is 0.329 e. The minimum absolute atomic E-state index is 0.227. The van der Waals surface area contributed by atoms with Gasteiger partial charge in [0.05, 0.1) is 6.61 Å². The van der Waals surface area contributed by atoms with Crippen LogP contribution in [0.5, 0.6) is 0 Å². The lowest BCUT2D eigenvalue weighted by molar-refractivity contribution is -0.141. The average Bonchev–Trinajstić information content (AvgIpc) is 3.13. The third-order valence-corrected chi connectivity index (χ3v) is 4.84. The van der Waals surface area contributed by atoms with Crippen molar-refractivity contribution in [2.45, 2.75) is 46.0 Å². The van der Waals surface area contributed by atoms with Crippen LogP contribution in [0.2, 0.25) is 0 Å². The molecule has 0 aromatic heterocycles. The number of carbonyl (C=O) groups is 1. The number of aliphatic carboxylic acids is 1. The molecule has 134 valence electrons. The zero-order valence-corrected chi connectivity index (χ0v) is 15.3. The molecule has 2 aliphatic carbocycles. The van der Waals surface area contributed by atoms with E-state index in [1.807, 2.05) is 0 Å². The van der Waals surface area contributed by atoms with Crippen molar-refractivity contribution in [3.8, 4) is 23.7 Å². The van der Waals surface area contributed by atoms with E-state index in [1.165, 1.54) is 5.57 Å². The van der Waals surface area contributed by atoms with Gasteiger partial charge in [0, 0.05) is 25.2 Å². The summed E-state index contributed by atoms with van der Waals surface area (Å²) in [4.78, 5) is 10.4. The van der Waals surface area contributed by atoms with Crippen molar-refractivity contribution in [2.75, 3.05) is 13.2 Å². The van der Waals surface area contributed by atoms with E-state index in [1.54, 1.807) is 0 Å². The molecule has 25 heavy (non-hydrogen) atoms. The van der Waals surface area contributed by atoms with Gasteiger partial charge in [0.1, 0.15) is 6.61 Å². The molecule has 0 saturated heterocycles. The molecule has 1 N–H and O–H groups in total. The second kappa shape index (κ2) is 10.3. The zero-order chi connectivity index (χ0) is 18.1. The topological polar surface area (TPSA) is 46.5 Å². The molecule has 0 aromatic carbocycles. The van der Waals surface area contributed by atoms with Crippen LogP contribution in [-0.4, -0.2) is 24.3 Å². The maximum atomic E-state index is 10.4. The van der Waals surface area contributed by atoms with Crippen molar-refractivity contribution in [1.82, 2.24) is 0 Å². The fraction of sp³-hybridized carbons (Fsp3) is 0.591. The first-order valence-electron chi connectivity index (χ1n) is 9.21. The van der Waals surface area contributed by atoms with Gasteiger partial charge in [-0.15, -0.1) is 11.8 Å². The minimum Gasteiger partial charge on any atom is -0.480 e. The van der Waals surface area contributed by atoms with E-state index < -0.39 is 5.97 Å². The summed E-state index contributed by atoms with van der Waals surface area (Å²) >= 11 is 0. The van der Waals surface area contributed by atoms with E-state index >= 15 is 0 Å². The van der Waals surface area contributed by atoms with Crippen LogP contribution < -0.4 is 0 Å². The Morgan fingerprint density at radius 1 is 1.44 bits per heavy atom. The third kappa shape index (κ3) is 6.60. The van der Waals surface area contributed by atoms with E-state index in [0.717, 1.165) is 32.1 Å². The van der Waals surface area contributed by atoms with Crippen LogP contribution in [0.3, 0.4) is 0 Å². The van der Waals surface area contributed by atoms with Gasteiger partial charge in [0.25, 0.3) is 0 Å². The molecule has 0 heterocycles. The number of ether oxygens (including phenoxy) is 1. The summed E-state index contributed by atoms with van der Waals surface area (Å²) in [5.74, 6) is 14.1. The number of carboxylic acid groups (broad SMARTS) is 1. The Balaban J connectivity index is 1.77. The molecule has 2 saturated carbocycles. The normalized spacial score (nSPS) is 27.1. The molecule has 2 aliphatic rings. The average molecular weight is 340 g/mol. The van der Waals surface area contributed by atoms with E-state index in [-0.39, 0.29) is 6.61 Å². The van der Waals surface area contributed by atoms with Gasteiger partial charge in [-0.2, -0.15) is 0 Å². The van der Waals surface area contributed by atoms with E-state index in [2.05, 4.69) is 56.4 Å². The van der Waals surface area contributed by atoms with Gasteiger partial charge in [0.2, 0.25) is 0 Å². The van der Waals surface area contributed by atoms with Crippen molar-refractivity contribution in [3.05, 3.63) is 24.5 Å². The molecule has 2 radical (unpaired) electrons. The quantitative estimate of drug-likeness (QED) is 0.453. The van der Waals surface area contributed by atoms with Gasteiger partial charge >= 0.3 is 5.97 Å². The molecule has 0 unspecified atom stereocenters. The van der Waals surface area contributed by atoms with Crippen molar-refractivity contribution in [1.29, 1.82) is 0 Å². The third-order valence-electron chi connectivity index (χ3n) is 4.84. The van der Waals surface area contributed by atoms with Crippen LogP contribution in [0.25, 0.3) is 0 Å². The Labute approximate surface area is 152 Å². The van der Waals surface area contributed by atoms with Gasteiger partial charge < -0.3 is 9.84 Å². The van der Waals surface area contributed by atoms with Gasteiger partial charge in [-0.25, -0.2) is 4.79 Å². The summed E-state index contributed by atoms with van der Waals surface area (Å²) in [7, 11) is 0. The number of carboxylic acids is 1. The van der Waals surface area contributed by atoms with Gasteiger partial charge in [-0.1, -0.05) is 37.3 Å². The van der Waals surface area contributed by atoms with Crippen molar-refractivity contribution >= 4 is 5.97 Å². The molecule has 0 bridgehead atoms. The van der Waals surface area contributed by atoms with Crippen molar-refractivity contribution in [3.63, 3.8) is 0 Å². The second-order valence-corrected chi connectivity index (χ2v) is 6.94. The van der Waals surface area contributed by atoms with Crippen molar-refractivity contribution < 1.29 is 14.6 Å². The summed E-state index contributed by atoms with van der Waals surface area (Å²) in [6.45, 7) is 4.39. The molecule has 0 amide bonds. The van der Waals surface area contributed by atoms with Crippen molar-refractivity contribution in [2.24, 2.45) is 23.7 Å². The molecule has 2 rings (SSSR count). The van der Waals surface area contributed by atoms with Gasteiger partial charge in [-0.3, -0.25) is 0 Å². The highest BCUT2D eigenvalue weighted by molar-refractivity contribution is 5.68. The highest BCUT2D eigenvalue weighted by Gasteiger charge is 2.40. The highest BCUT2D eigenvalue weighted by atomic mass is 16.5. The maximum absolute atomic E-state index is 10.4. The maximum Gasteiger partial charge on any atom is 0.329 e. The molecule has 2 fully saturated rings. The second-order valence-electron chi connectivity index (χ2n) is 6.94. The Hall–Kier alpha value is -1.71. The lowest BCUT2D eigenvalue weighted by Gasteiger charge is -2.11. The Morgan fingerprint density at radius 2 is 2.28 bits per heavy atom. The molecule has 4 atom stereocenters. The fourth-order valence-electron chi connectivity index (χ4n) is 3.57. The van der Waals surface area contributed by atoms with E-state index in [4.69, 9.17) is 9.84 Å².